The van der Waals surface area contributed by atoms with E-state index in [2.05, 4.69) is 10.2 Å². The highest BCUT2D eigenvalue weighted by atomic mass is 19.4. The second-order valence-corrected chi connectivity index (χ2v) is 4.38. The summed E-state index contributed by atoms with van der Waals surface area (Å²) in [6.45, 7) is 0. The fourth-order valence-electron chi connectivity index (χ4n) is 1.72. The first kappa shape index (κ1) is 16.3. The van der Waals surface area contributed by atoms with Crippen LogP contribution in [0.25, 0.3) is 0 Å². The van der Waals surface area contributed by atoms with Crippen molar-refractivity contribution >= 4 is 17.3 Å². The molecular weight excluding hydrogens is 317 g/mol. The molecule has 0 aliphatic rings. The number of alkyl halides is 3. The number of hydrogen-bond acceptors (Lipinski definition) is 5. The first-order valence-electron chi connectivity index (χ1n) is 6.07. The maximum atomic E-state index is 12.6. The van der Waals surface area contributed by atoms with Crippen molar-refractivity contribution in [2.75, 3.05) is 0 Å². The summed E-state index contributed by atoms with van der Waals surface area (Å²) in [6.07, 6.45) is -4.54. The number of aromatic hydroxyl groups is 2. The Morgan fingerprint density at radius 2 is 1.74 bits per heavy atom. The van der Waals surface area contributed by atoms with Crippen molar-refractivity contribution in [1.29, 1.82) is 0 Å². The number of phenols is 2. The maximum absolute atomic E-state index is 12.6. The summed E-state index contributed by atoms with van der Waals surface area (Å²) in [5, 5.41) is 35.0. The van der Waals surface area contributed by atoms with Gasteiger partial charge in [-0.2, -0.15) is 18.3 Å². The number of hydrogen-bond donors (Lipinski definition) is 3. The number of carbonyl (C=O) groups is 1. The van der Waals surface area contributed by atoms with Gasteiger partial charge in [-0.05, 0) is 30.3 Å². The average molecular weight is 326 g/mol. The largest absolute Gasteiger partial charge is 0.507 e. The van der Waals surface area contributed by atoms with Gasteiger partial charge in [-0.3, -0.25) is 0 Å². The quantitative estimate of drug-likeness (QED) is 0.734. The highest BCUT2D eigenvalue weighted by Crippen LogP contribution is 2.37. The van der Waals surface area contributed by atoms with Crippen LogP contribution in [0, 0.1) is 0 Å². The molecule has 0 fully saturated rings. The minimum absolute atomic E-state index is 0.135. The zero-order chi connectivity index (χ0) is 17.2. The van der Waals surface area contributed by atoms with E-state index in [0.717, 1.165) is 30.3 Å². The number of benzene rings is 2. The molecule has 3 N–H and O–H groups in total. The molecule has 0 aliphatic carbocycles. The van der Waals surface area contributed by atoms with Crippen molar-refractivity contribution in [3.8, 4) is 11.5 Å². The summed E-state index contributed by atoms with van der Waals surface area (Å²) in [4.78, 5) is 10.9. The average Bonchev–Trinajstić information content (AvgIpc) is 2.45. The Bertz CT molecular complexity index is 788. The minimum atomic E-state index is -4.54. The zero-order valence-corrected chi connectivity index (χ0v) is 11.2. The molecule has 9 heteroatoms. The lowest BCUT2D eigenvalue weighted by atomic mass is 10.1. The lowest BCUT2D eigenvalue weighted by Gasteiger charge is -2.06. The Balaban J connectivity index is 2.38. The molecule has 0 aliphatic heterocycles. The predicted octanol–water partition coefficient (Wildman–Crippen LogP) is 4.23. The molecule has 23 heavy (non-hydrogen) atoms. The second kappa shape index (κ2) is 5.95. The lowest BCUT2D eigenvalue weighted by Crippen LogP contribution is -2.03. The Morgan fingerprint density at radius 3 is 2.35 bits per heavy atom. The number of nitrogens with zero attached hydrogens (tertiary/aromatic N) is 2. The van der Waals surface area contributed by atoms with Gasteiger partial charge in [0.05, 0.1) is 11.3 Å². The predicted molar refractivity (Wildman–Crippen MR) is 72.4 cm³/mol. The van der Waals surface area contributed by atoms with Crippen molar-refractivity contribution in [3.63, 3.8) is 0 Å². The van der Waals surface area contributed by atoms with Crippen molar-refractivity contribution in [3.05, 3.63) is 47.5 Å². The molecule has 2 aromatic carbocycles. The Hall–Kier alpha value is -3.10. The van der Waals surface area contributed by atoms with Gasteiger partial charge < -0.3 is 15.3 Å². The number of aromatic carboxylic acids is 1. The van der Waals surface area contributed by atoms with Crippen LogP contribution in [0.4, 0.5) is 24.5 Å². The van der Waals surface area contributed by atoms with E-state index in [1.807, 2.05) is 0 Å². The highest BCUT2D eigenvalue weighted by Gasteiger charge is 2.30. The summed E-state index contributed by atoms with van der Waals surface area (Å²) in [5.41, 5.74) is -2.14. The number of carboxylic acids is 1. The molecule has 2 aromatic rings. The molecule has 2 rings (SSSR count). The van der Waals surface area contributed by atoms with E-state index in [-0.39, 0.29) is 11.4 Å². The molecule has 0 radical (unpaired) electrons. The molecule has 0 heterocycles. The van der Waals surface area contributed by atoms with Gasteiger partial charge >= 0.3 is 12.1 Å². The van der Waals surface area contributed by atoms with Crippen molar-refractivity contribution in [2.24, 2.45) is 10.2 Å². The van der Waals surface area contributed by atoms with E-state index in [0.29, 0.717) is 0 Å². The molecular formula is C14H9F3N2O4. The Kier molecular flexibility index (Phi) is 4.21. The van der Waals surface area contributed by atoms with Crippen LogP contribution in [0.5, 0.6) is 11.5 Å². The van der Waals surface area contributed by atoms with Gasteiger partial charge in [-0.15, -0.1) is 5.11 Å². The molecule has 0 saturated heterocycles. The van der Waals surface area contributed by atoms with E-state index in [4.69, 9.17) is 5.11 Å². The first-order valence-corrected chi connectivity index (χ1v) is 6.07. The van der Waals surface area contributed by atoms with Gasteiger partial charge in [0.25, 0.3) is 0 Å². The first-order chi connectivity index (χ1) is 10.7. The van der Waals surface area contributed by atoms with E-state index in [1.165, 1.54) is 6.07 Å². The number of carboxylic acid groups (broad SMARTS) is 1. The van der Waals surface area contributed by atoms with Gasteiger partial charge in [0.2, 0.25) is 0 Å². The third-order valence-corrected chi connectivity index (χ3v) is 2.80. The smallest absolute Gasteiger partial charge is 0.416 e. The highest BCUT2D eigenvalue weighted by molar-refractivity contribution is 5.95. The minimum Gasteiger partial charge on any atom is -0.507 e. The normalized spacial score (nSPS) is 11.8. The number of azo groups is 1. The molecule has 0 aromatic heterocycles. The molecule has 0 saturated carbocycles. The molecule has 0 unspecified atom stereocenters. The van der Waals surface area contributed by atoms with Gasteiger partial charge in [0.15, 0.2) is 5.75 Å². The summed E-state index contributed by atoms with van der Waals surface area (Å²) in [5.74, 6) is -3.10. The van der Waals surface area contributed by atoms with E-state index in [1.54, 1.807) is 0 Å². The van der Waals surface area contributed by atoms with Crippen LogP contribution in [0.2, 0.25) is 0 Å². The Labute approximate surface area is 127 Å². The summed E-state index contributed by atoms with van der Waals surface area (Å²) in [6, 6.07) is 6.06. The molecule has 0 atom stereocenters. The molecule has 0 amide bonds. The molecule has 0 bridgehead atoms. The maximum Gasteiger partial charge on any atom is 0.416 e. The van der Waals surface area contributed by atoms with Crippen LogP contribution in [-0.4, -0.2) is 21.3 Å². The number of halogens is 3. The SMILES string of the molecule is O=C(O)c1c(O)ccc(/N=N/c2cccc(C(F)(F)F)c2)c1O. The summed E-state index contributed by atoms with van der Waals surface area (Å²) in [7, 11) is 0. The summed E-state index contributed by atoms with van der Waals surface area (Å²) < 4.78 is 37.7. The van der Waals surface area contributed by atoms with Crippen molar-refractivity contribution in [1.82, 2.24) is 0 Å². The van der Waals surface area contributed by atoms with Gasteiger partial charge in [-0.25, -0.2) is 4.79 Å². The van der Waals surface area contributed by atoms with Crippen LogP contribution in [0.1, 0.15) is 15.9 Å². The van der Waals surface area contributed by atoms with Crippen molar-refractivity contribution in [2.45, 2.75) is 6.18 Å². The Morgan fingerprint density at radius 1 is 1.04 bits per heavy atom. The van der Waals surface area contributed by atoms with Crippen molar-refractivity contribution < 1.29 is 33.3 Å². The van der Waals surface area contributed by atoms with E-state index >= 15 is 0 Å². The van der Waals surface area contributed by atoms with Crippen LogP contribution in [0.3, 0.4) is 0 Å². The van der Waals surface area contributed by atoms with Gasteiger partial charge in [0.1, 0.15) is 17.0 Å². The molecule has 6 nitrogen and oxygen atoms in total. The van der Waals surface area contributed by atoms with E-state index < -0.39 is 34.8 Å². The van der Waals surface area contributed by atoms with Crippen LogP contribution in [-0.2, 0) is 6.18 Å². The number of rotatable bonds is 3. The second-order valence-electron chi connectivity index (χ2n) is 4.38. The topological polar surface area (TPSA) is 102 Å². The van der Waals surface area contributed by atoms with Crippen LogP contribution >= 0.6 is 0 Å². The third kappa shape index (κ3) is 3.57. The fourth-order valence-corrected chi connectivity index (χ4v) is 1.72. The monoisotopic (exact) mass is 326 g/mol. The van der Waals surface area contributed by atoms with Crippen LogP contribution in [0.15, 0.2) is 46.6 Å². The molecule has 0 spiro atoms. The lowest BCUT2D eigenvalue weighted by molar-refractivity contribution is -0.137. The van der Waals surface area contributed by atoms with Gasteiger partial charge in [0, 0.05) is 0 Å². The molecule has 120 valence electrons. The third-order valence-electron chi connectivity index (χ3n) is 2.80. The zero-order valence-electron chi connectivity index (χ0n) is 11.2. The van der Waals surface area contributed by atoms with Gasteiger partial charge in [-0.1, -0.05) is 6.07 Å². The standard InChI is InChI=1S/C14H9F3N2O4/c15-14(16,17)7-2-1-3-8(6-7)18-19-9-4-5-10(20)11(12(9)21)13(22)23/h1-6,20-21H,(H,22,23)/b19-18+. The fraction of sp³-hybridized carbons (Fsp3) is 0.0714. The van der Waals surface area contributed by atoms with E-state index in [9.17, 15) is 28.2 Å². The van der Waals surface area contributed by atoms with Crippen LogP contribution < -0.4 is 0 Å². The summed E-state index contributed by atoms with van der Waals surface area (Å²) >= 11 is 0.